The summed E-state index contributed by atoms with van der Waals surface area (Å²) in [5.74, 6) is 1.78. The van der Waals surface area contributed by atoms with Gasteiger partial charge in [0, 0.05) is 42.2 Å². The number of halogens is 1. The molecule has 1 atom stereocenters. The predicted octanol–water partition coefficient (Wildman–Crippen LogP) is 4.62. The number of hydrogen-bond acceptors (Lipinski definition) is 6. The molecular weight excluding hydrogens is 448 g/mol. The summed E-state index contributed by atoms with van der Waals surface area (Å²) in [6, 6.07) is 9.15. The Morgan fingerprint density at radius 3 is 2.78 bits per heavy atom. The van der Waals surface area contributed by atoms with Crippen LogP contribution in [-0.4, -0.2) is 43.6 Å². The summed E-state index contributed by atoms with van der Waals surface area (Å²) in [7, 11) is 1.88. The van der Waals surface area contributed by atoms with Crippen LogP contribution in [0, 0.1) is 13.8 Å². The molecule has 7 nitrogen and oxygen atoms in total. The molecule has 3 aromatic rings. The van der Waals surface area contributed by atoms with Gasteiger partial charge in [-0.15, -0.1) is 10.2 Å². The van der Waals surface area contributed by atoms with Crippen LogP contribution in [0.5, 0.6) is 5.75 Å². The second kappa shape index (κ2) is 10.1. The van der Waals surface area contributed by atoms with E-state index in [9.17, 15) is 4.79 Å². The Balaban J connectivity index is 1.35. The van der Waals surface area contributed by atoms with Crippen LogP contribution in [0.1, 0.15) is 40.4 Å². The van der Waals surface area contributed by atoms with E-state index < -0.39 is 0 Å². The Kier molecular flexibility index (Phi) is 7.23. The number of ether oxygens (including phenoxy) is 2. The molecule has 0 radical (unpaired) electrons. The van der Waals surface area contributed by atoms with Crippen LogP contribution in [0.2, 0.25) is 5.02 Å². The maximum atomic E-state index is 12.9. The molecule has 2 aromatic heterocycles. The van der Waals surface area contributed by atoms with E-state index in [4.69, 9.17) is 21.1 Å². The monoisotopic (exact) mass is 474 g/mol. The first-order valence-corrected chi connectivity index (χ1v) is 12.0. The molecule has 9 heteroatoms. The Hall–Kier alpha value is -2.29. The van der Waals surface area contributed by atoms with Gasteiger partial charge in [-0.25, -0.2) is 0 Å². The molecule has 1 saturated heterocycles. The van der Waals surface area contributed by atoms with E-state index in [0.717, 1.165) is 42.9 Å². The second-order valence-corrected chi connectivity index (χ2v) is 9.32. The average molecular weight is 475 g/mol. The van der Waals surface area contributed by atoms with Crippen LogP contribution < -0.4 is 4.74 Å². The molecule has 0 amide bonds. The molecular formula is C23H27ClN4O3S. The van der Waals surface area contributed by atoms with Gasteiger partial charge in [-0.2, -0.15) is 0 Å². The van der Waals surface area contributed by atoms with E-state index in [-0.39, 0.29) is 18.5 Å². The number of nitrogens with zero attached hydrogens (tertiary/aromatic N) is 4. The van der Waals surface area contributed by atoms with Gasteiger partial charge in [0.15, 0.2) is 16.8 Å². The van der Waals surface area contributed by atoms with Gasteiger partial charge >= 0.3 is 0 Å². The minimum Gasteiger partial charge on any atom is -0.486 e. The van der Waals surface area contributed by atoms with Gasteiger partial charge in [-0.1, -0.05) is 23.4 Å². The second-order valence-electron chi connectivity index (χ2n) is 7.94. The third kappa shape index (κ3) is 5.19. The number of ketones is 1. The quantitative estimate of drug-likeness (QED) is 0.333. The van der Waals surface area contributed by atoms with Crippen molar-refractivity contribution >= 4 is 29.1 Å². The van der Waals surface area contributed by atoms with Gasteiger partial charge < -0.3 is 18.6 Å². The number of carbonyl (C=O) groups is 1. The third-order valence-corrected chi connectivity index (χ3v) is 7.00. The Bertz CT molecular complexity index is 1090. The minimum absolute atomic E-state index is 0.0867. The molecule has 170 valence electrons. The molecule has 0 spiro atoms. The number of Topliss-reactive ketones (excluding diaryl/α,β-unsaturated/α-hetero) is 1. The average Bonchev–Trinajstić information content (AvgIpc) is 3.49. The SMILES string of the molecule is Cc1cc(C(=O)CSc2nnc(COc3ccc(Cl)cc3)n2C)c(C)n1C[C@@H]1CCCO1. The lowest BCUT2D eigenvalue weighted by Gasteiger charge is -2.14. The summed E-state index contributed by atoms with van der Waals surface area (Å²) in [5, 5.41) is 9.77. The van der Waals surface area contributed by atoms with Crippen molar-refractivity contribution in [3.63, 3.8) is 0 Å². The van der Waals surface area contributed by atoms with Crippen molar-refractivity contribution < 1.29 is 14.3 Å². The number of aromatic nitrogens is 4. The standard InChI is InChI=1S/C23H27ClN4O3S/c1-15-11-20(16(2)28(15)12-19-5-4-10-30-19)21(29)14-32-23-26-25-22(27(23)3)13-31-18-8-6-17(24)7-9-18/h6-9,11,19H,4-5,10,12-14H2,1-3H3/t19-/m0/s1. The topological polar surface area (TPSA) is 71.2 Å². The zero-order valence-electron chi connectivity index (χ0n) is 18.5. The molecule has 0 N–H and O–H groups in total. The van der Waals surface area contributed by atoms with Crippen molar-refractivity contribution in [3.8, 4) is 5.75 Å². The van der Waals surface area contributed by atoms with Gasteiger partial charge in [0.25, 0.3) is 0 Å². The highest BCUT2D eigenvalue weighted by Crippen LogP contribution is 2.24. The molecule has 1 fully saturated rings. The van der Waals surface area contributed by atoms with Crippen molar-refractivity contribution in [3.05, 3.63) is 58.1 Å². The Labute approximate surface area is 197 Å². The summed E-state index contributed by atoms with van der Waals surface area (Å²) < 4.78 is 15.6. The first kappa shape index (κ1) is 22.9. The summed E-state index contributed by atoms with van der Waals surface area (Å²) in [4.78, 5) is 12.9. The minimum atomic E-state index is 0.0867. The first-order chi connectivity index (χ1) is 15.4. The van der Waals surface area contributed by atoms with Crippen LogP contribution >= 0.6 is 23.4 Å². The molecule has 0 aliphatic carbocycles. The van der Waals surface area contributed by atoms with Gasteiger partial charge in [0.05, 0.1) is 11.9 Å². The molecule has 3 heterocycles. The maximum absolute atomic E-state index is 12.9. The molecule has 32 heavy (non-hydrogen) atoms. The van der Waals surface area contributed by atoms with E-state index in [1.165, 1.54) is 11.8 Å². The van der Waals surface area contributed by atoms with Crippen LogP contribution in [0.3, 0.4) is 0 Å². The Morgan fingerprint density at radius 2 is 2.06 bits per heavy atom. The zero-order valence-corrected chi connectivity index (χ0v) is 20.1. The van der Waals surface area contributed by atoms with Gasteiger partial charge in [0.2, 0.25) is 0 Å². The largest absolute Gasteiger partial charge is 0.486 e. The summed E-state index contributed by atoms with van der Waals surface area (Å²) in [6.45, 7) is 5.97. The van der Waals surface area contributed by atoms with Crippen molar-refractivity contribution in [2.24, 2.45) is 7.05 Å². The van der Waals surface area contributed by atoms with Gasteiger partial charge in [-0.3, -0.25) is 4.79 Å². The van der Waals surface area contributed by atoms with E-state index >= 15 is 0 Å². The van der Waals surface area contributed by atoms with E-state index in [1.807, 2.05) is 43.7 Å². The summed E-state index contributed by atoms with van der Waals surface area (Å²) in [5.41, 5.74) is 2.85. The lowest BCUT2D eigenvalue weighted by molar-refractivity contribution is 0.0957. The van der Waals surface area contributed by atoms with Crippen LogP contribution in [-0.2, 0) is 24.9 Å². The molecule has 0 saturated carbocycles. The number of thioether (sulfide) groups is 1. The lowest BCUT2D eigenvalue weighted by atomic mass is 10.2. The fourth-order valence-corrected chi connectivity index (χ4v) is 4.78. The smallest absolute Gasteiger partial charge is 0.191 e. The maximum Gasteiger partial charge on any atom is 0.191 e. The molecule has 0 unspecified atom stereocenters. The predicted molar refractivity (Wildman–Crippen MR) is 125 cm³/mol. The number of aryl methyl sites for hydroxylation is 1. The van der Waals surface area contributed by atoms with Crippen molar-refractivity contribution in [1.29, 1.82) is 0 Å². The highest BCUT2D eigenvalue weighted by atomic mass is 35.5. The number of carbonyl (C=O) groups excluding carboxylic acids is 1. The van der Waals surface area contributed by atoms with Crippen molar-refractivity contribution in [1.82, 2.24) is 19.3 Å². The highest BCUT2D eigenvalue weighted by Gasteiger charge is 2.21. The summed E-state index contributed by atoms with van der Waals surface area (Å²) in [6.07, 6.45) is 2.42. The fourth-order valence-electron chi connectivity index (χ4n) is 3.84. The summed E-state index contributed by atoms with van der Waals surface area (Å²) >= 11 is 7.28. The van der Waals surface area contributed by atoms with Gasteiger partial charge in [0.1, 0.15) is 12.4 Å². The van der Waals surface area contributed by atoms with Crippen molar-refractivity contribution in [2.45, 2.75) is 51.1 Å². The Morgan fingerprint density at radius 1 is 1.28 bits per heavy atom. The third-order valence-electron chi connectivity index (χ3n) is 5.72. The zero-order chi connectivity index (χ0) is 22.7. The number of hydrogen-bond donors (Lipinski definition) is 0. The molecule has 1 aliphatic rings. The van der Waals surface area contributed by atoms with E-state index in [1.54, 1.807) is 12.1 Å². The molecule has 1 aliphatic heterocycles. The molecule has 0 bridgehead atoms. The number of rotatable bonds is 9. The van der Waals surface area contributed by atoms with Crippen LogP contribution in [0.15, 0.2) is 35.5 Å². The van der Waals surface area contributed by atoms with Crippen molar-refractivity contribution in [2.75, 3.05) is 12.4 Å². The first-order valence-electron chi connectivity index (χ1n) is 10.6. The lowest BCUT2D eigenvalue weighted by Crippen LogP contribution is -2.17. The molecule has 4 rings (SSSR count). The number of benzene rings is 1. The highest BCUT2D eigenvalue weighted by molar-refractivity contribution is 7.99. The fraction of sp³-hybridized carbons (Fsp3) is 0.435. The van der Waals surface area contributed by atoms with E-state index in [0.29, 0.717) is 27.5 Å². The normalized spacial score (nSPS) is 15.9. The molecule has 1 aromatic carbocycles. The van der Waals surface area contributed by atoms with Crippen LogP contribution in [0.4, 0.5) is 0 Å². The van der Waals surface area contributed by atoms with E-state index in [2.05, 4.69) is 14.8 Å². The van der Waals surface area contributed by atoms with Crippen LogP contribution in [0.25, 0.3) is 0 Å². The van der Waals surface area contributed by atoms with Gasteiger partial charge in [-0.05, 0) is 57.0 Å².